The van der Waals surface area contributed by atoms with Gasteiger partial charge in [-0.3, -0.25) is 4.79 Å². The molecule has 0 saturated heterocycles. The number of carbonyl (C=O) groups excluding carboxylic acids is 2. The maximum Gasteiger partial charge on any atom is 0.340 e. The summed E-state index contributed by atoms with van der Waals surface area (Å²) in [5.74, 6) is -0.726. The number of likely N-dealkylation sites (N-methyl/N-ethyl adjacent to an activating group) is 1. The van der Waals surface area contributed by atoms with Crippen molar-refractivity contribution < 1.29 is 14.3 Å². The van der Waals surface area contributed by atoms with Gasteiger partial charge in [-0.2, -0.15) is 0 Å². The highest BCUT2D eigenvalue weighted by atomic mass is 32.1. The fourth-order valence-electron chi connectivity index (χ4n) is 3.09. The van der Waals surface area contributed by atoms with Gasteiger partial charge in [-0.25, -0.2) is 9.78 Å². The van der Waals surface area contributed by atoms with Gasteiger partial charge in [0.15, 0.2) is 6.61 Å². The summed E-state index contributed by atoms with van der Waals surface area (Å²) in [6, 6.07) is 9.67. The number of benzene rings is 1. The number of esters is 1. The SMILES string of the molecule is CCn1c(C)cc(C(=O)OCC(=O)N(C)Cc2nc3ccccc3s2)c1C. The molecular formula is C20H23N3O3S. The molecule has 0 fully saturated rings. The van der Waals surface area contributed by atoms with Crippen molar-refractivity contribution in [3.8, 4) is 0 Å². The van der Waals surface area contributed by atoms with Gasteiger partial charge in [0.2, 0.25) is 0 Å². The lowest BCUT2D eigenvalue weighted by Gasteiger charge is -2.15. The molecule has 3 rings (SSSR count). The number of carbonyl (C=O) groups is 2. The van der Waals surface area contributed by atoms with E-state index in [2.05, 4.69) is 4.98 Å². The Kier molecular flexibility index (Phi) is 5.60. The zero-order chi connectivity index (χ0) is 19.6. The molecule has 1 aromatic carbocycles. The average Bonchev–Trinajstić information content (AvgIpc) is 3.18. The molecule has 0 aliphatic heterocycles. The number of amides is 1. The largest absolute Gasteiger partial charge is 0.452 e. The van der Waals surface area contributed by atoms with Gasteiger partial charge in [0.25, 0.3) is 5.91 Å². The maximum absolute atomic E-state index is 12.3. The molecule has 6 nitrogen and oxygen atoms in total. The molecule has 0 aliphatic carbocycles. The summed E-state index contributed by atoms with van der Waals surface area (Å²) in [6.07, 6.45) is 0. The zero-order valence-electron chi connectivity index (χ0n) is 16.0. The monoisotopic (exact) mass is 385 g/mol. The number of aromatic nitrogens is 2. The molecule has 0 atom stereocenters. The lowest BCUT2D eigenvalue weighted by atomic mass is 10.2. The molecule has 142 valence electrons. The topological polar surface area (TPSA) is 64.4 Å². The normalized spacial score (nSPS) is 11.0. The fraction of sp³-hybridized carbons (Fsp3) is 0.350. The molecule has 1 amide bonds. The molecule has 2 heterocycles. The van der Waals surface area contributed by atoms with E-state index in [1.807, 2.05) is 49.6 Å². The highest BCUT2D eigenvalue weighted by Gasteiger charge is 2.19. The van der Waals surface area contributed by atoms with Crippen LogP contribution in [0.25, 0.3) is 10.2 Å². The predicted octanol–water partition coefficient (Wildman–Crippen LogP) is 3.55. The van der Waals surface area contributed by atoms with Crippen LogP contribution in [-0.4, -0.2) is 40.0 Å². The van der Waals surface area contributed by atoms with Crippen molar-refractivity contribution in [3.05, 3.63) is 52.3 Å². The Morgan fingerprint density at radius 3 is 2.67 bits per heavy atom. The number of nitrogens with zero attached hydrogens (tertiary/aromatic N) is 3. The van der Waals surface area contributed by atoms with Gasteiger partial charge < -0.3 is 14.2 Å². The van der Waals surface area contributed by atoms with Crippen LogP contribution >= 0.6 is 11.3 Å². The molecule has 7 heteroatoms. The lowest BCUT2D eigenvalue weighted by molar-refractivity contribution is -0.133. The molecule has 0 radical (unpaired) electrons. The number of para-hydroxylation sites is 1. The van der Waals surface area contributed by atoms with Crippen molar-refractivity contribution in [3.63, 3.8) is 0 Å². The van der Waals surface area contributed by atoms with E-state index in [-0.39, 0.29) is 12.5 Å². The molecule has 0 unspecified atom stereocenters. The Balaban J connectivity index is 1.59. The van der Waals surface area contributed by atoms with Crippen molar-refractivity contribution in [1.82, 2.24) is 14.5 Å². The van der Waals surface area contributed by atoms with Crippen molar-refractivity contribution in [1.29, 1.82) is 0 Å². The van der Waals surface area contributed by atoms with Crippen molar-refractivity contribution >= 4 is 33.4 Å². The van der Waals surface area contributed by atoms with Crippen molar-refractivity contribution in [2.24, 2.45) is 0 Å². The summed E-state index contributed by atoms with van der Waals surface area (Å²) < 4.78 is 8.37. The minimum Gasteiger partial charge on any atom is -0.452 e. The van der Waals surface area contributed by atoms with E-state index in [0.717, 1.165) is 33.2 Å². The van der Waals surface area contributed by atoms with E-state index in [4.69, 9.17) is 4.74 Å². The van der Waals surface area contributed by atoms with Crippen LogP contribution in [0, 0.1) is 13.8 Å². The van der Waals surface area contributed by atoms with Crippen LogP contribution < -0.4 is 0 Å². The molecule has 0 aliphatic rings. The van der Waals surface area contributed by atoms with Gasteiger partial charge in [0, 0.05) is 25.0 Å². The summed E-state index contributed by atoms with van der Waals surface area (Å²) in [4.78, 5) is 30.7. The Morgan fingerprint density at radius 1 is 1.26 bits per heavy atom. The Bertz CT molecular complexity index is 957. The fourth-order valence-corrected chi connectivity index (χ4v) is 4.11. The second-order valence-corrected chi connectivity index (χ2v) is 7.55. The van der Waals surface area contributed by atoms with E-state index in [9.17, 15) is 9.59 Å². The van der Waals surface area contributed by atoms with Crippen LogP contribution in [0.1, 0.15) is 33.7 Å². The zero-order valence-corrected chi connectivity index (χ0v) is 16.8. The van der Waals surface area contributed by atoms with Crippen LogP contribution in [0.3, 0.4) is 0 Å². The second kappa shape index (κ2) is 7.92. The van der Waals surface area contributed by atoms with Gasteiger partial charge in [-0.15, -0.1) is 11.3 Å². The second-order valence-electron chi connectivity index (χ2n) is 6.43. The highest BCUT2D eigenvalue weighted by Crippen LogP contribution is 2.22. The number of hydrogen-bond acceptors (Lipinski definition) is 5. The van der Waals surface area contributed by atoms with Crippen molar-refractivity contribution in [2.75, 3.05) is 13.7 Å². The third-order valence-electron chi connectivity index (χ3n) is 4.57. The number of rotatable bonds is 6. The minimum atomic E-state index is -0.468. The van der Waals surface area contributed by atoms with Crippen LogP contribution in [0.15, 0.2) is 30.3 Å². The first kappa shape index (κ1) is 19.1. The molecule has 0 spiro atoms. The molecule has 2 aromatic heterocycles. The number of fused-ring (bicyclic) bond motifs is 1. The first-order chi connectivity index (χ1) is 12.9. The van der Waals surface area contributed by atoms with E-state index in [1.54, 1.807) is 24.5 Å². The van der Waals surface area contributed by atoms with E-state index in [1.165, 1.54) is 4.90 Å². The average molecular weight is 385 g/mol. The van der Waals surface area contributed by atoms with Gasteiger partial charge in [0.1, 0.15) is 5.01 Å². The number of thiazole rings is 1. The standard InChI is InChI=1S/C20H23N3O3S/c1-5-23-13(2)10-15(14(23)3)20(25)26-12-19(24)22(4)11-18-21-16-8-6-7-9-17(16)27-18/h6-10H,5,11-12H2,1-4H3. The summed E-state index contributed by atoms with van der Waals surface area (Å²) >= 11 is 1.56. The summed E-state index contributed by atoms with van der Waals surface area (Å²) in [5, 5.41) is 0.852. The first-order valence-corrected chi connectivity index (χ1v) is 9.64. The maximum atomic E-state index is 12.3. The number of ether oxygens (including phenoxy) is 1. The van der Waals surface area contributed by atoms with Crippen molar-refractivity contribution in [2.45, 2.75) is 33.9 Å². The summed E-state index contributed by atoms with van der Waals surface area (Å²) in [5.41, 5.74) is 3.29. The van der Waals surface area contributed by atoms with Gasteiger partial charge >= 0.3 is 5.97 Å². The molecule has 3 aromatic rings. The number of hydrogen-bond donors (Lipinski definition) is 0. The summed E-state index contributed by atoms with van der Waals surface area (Å²) in [6.45, 7) is 6.75. The Morgan fingerprint density at radius 2 is 2.00 bits per heavy atom. The van der Waals surface area contributed by atoms with Crippen LogP contribution in [-0.2, 0) is 22.6 Å². The van der Waals surface area contributed by atoms with E-state index in [0.29, 0.717) is 12.1 Å². The van der Waals surface area contributed by atoms with Crippen LogP contribution in [0.2, 0.25) is 0 Å². The molecule has 0 saturated carbocycles. The minimum absolute atomic E-state index is 0.257. The predicted molar refractivity (Wildman–Crippen MR) is 106 cm³/mol. The molecule has 0 bridgehead atoms. The highest BCUT2D eigenvalue weighted by molar-refractivity contribution is 7.18. The quantitative estimate of drug-likeness (QED) is 0.609. The van der Waals surface area contributed by atoms with Gasteiger partial charge in [0.05, 0.1) is 22.3 Å². The van der Waals surface area contributed by atoms with Crippen LogP contribution in [0.4, 0.5) is 0 Å². The molecule has 27 heavy (non-hydrogen) atoms. The third-order valence-corrected chi connectivity index (χ3v) is 5.59. The number of aryl methyl sites for hydroxylation is 1. The van der Waals surface area contributed by atoms with Gasteiger partial charge in [-0.1, -0.05) is 12.1 Å². The molecule has 0 N–H and O–H groups in total. The lowest BCUT2D eigenvalue weighted by Crippen LogP contribution is -2.30. The van der Waals surface area contributed by atoms with E-state index >= 15 is 0 Å². The smallest absolute Gasteiger partial charge is 0.340 e. The Labute approximate surface area is 162 Å². The third kappa shape index (κ3) is 4.03. The van der Waals surface area contributed by atoms with Gasteiger partial charge in [-0.05, 0) is 39.0 Å². The van der Waals surface area contributed by atoms with E-state index < -0.39 is 5.97 Å². The summed E-state index contributed by atoms with van der Waals surface area (Å²) in [7, 11) is 1.69. The molecular weight excluding hydrogens is 362 g/mol. The Hall–Kier alpha value is -2.67. The van der Waals surface area contributed by atoms with Crippen LogP contribution in [0.5, 0.6) is 0 Å². The first-order valence-electron chi connectivity index (χ1n) is 8.83.